The Balaban J connectivity index is 2.58. The van der Waals surface area contributed by atoms with Crippen LogP contribution in [0.1, 0.15) is 32.8 Å². The topological polar surface area (TPSA) is 29.1 Å². The third-order valence-corrected chi connectivity index (χ3v) is 2.15. The van der Waals surface area contributed by atoms with Crippen LogP contribution >= 0.6 is 0 Å². The first-order chi connectivity index (χ1) is 7.61. The van der Waals surface area contributed by atoms with E-state index in [4.69, 9.17) is 0 Å². The summed E-state index contributed by atoms with van der Waals surface area (Å²) in [6.07, 6.45) is 4.59. The van der Waals surface area contributed by atoms with Crippen molar-refractivity contribution in [3.63, 3.8) is 0 Å². The van der Waals surface area contributed by atoms with Crippen LogP contribution in [0.4, 0.5) is 5.69 Å². The fourth-order valence-corrected chi connectivity index (χ4v) is 1.45. The number of nitrogens with one attached hydrogen (secondary N) is 1. The first kappa shape index (κ1) is 12.5. The van der Waals surface area contributed by atoms with Crippen LogP contribution in [0.15, 0.2) is 30.3 Å². The van der Waals surface area contributed by atoms with Gasteiger partial charge in [-0.1, -0.05) is 38.1 Å². The summed E-state index contributed by atoms with van der Waals surface area (Å²) in [5, 5.41) is 2.88. The van der Waals surface area contributed by atoms with Crippen molar-refractivity contribution < 1.29 is 4.79 Å². The average Bonchev–Trinajstić information content (AvgIpc) is 2.20. The van der Waals surface area contributed by atoms with Gasteiger partial charge in [-0.15, -0.1) is 0 Å². The molecule has 0 fully saturated rings. The lowest BCUT2D eigenvalue weighted by molar-refractivity contribution is -0.116. The van der Waals surface area contributed by atoms with E-state index < -0.39 is 0 Å². The summed E-state index contributed by atoms with van der Waals surface area (Å²) in [5.41, 5.74) is 2.00. The van der Waals surface area contributed by atoms with E-state index in [1.54, 1.807) is 0 Å². The normalized spacial score (nSPS) is 11.0. The van der Waals surface area contributed by atoms with Gasteiger partial charge in [-0.25, -0.2) is 0 Å². The lowest BCUT2D eigenvalue weighted by atomic mass is 10.1. The molecule has 1 aromatic rings. The first-order valence-corrected chi connectivity index (χ1v) is 5.64. The summed E-state index contributed by atoms with van der Waals surface area (Å²) in [7, 11) is 0. The number of carbonyl (C=O) groups excluding carboxylic acids is 1. The van der Waals surface area contributed by atoms with Gasteiger partial charge in [-0.3, -0.25) is 4.79 Å². The summed E-state index contributed by atoms with van der Waals surface area (Å²) < 4.78 is 0. The zero-order valence-electron chi connectivity index (χ0n) is 10.2. The van der Waals surface area contributed by atoms with Crippen molar-refractivity contribution in [2.75, 3.05) is 5.32 Å². The van der Waals surface area contributed by atoms with Crippen molar-refractivity contribution in [1.82, 2.24) is 0 Å². The van der Waals surface area contributed by atoms with Crippen LogP contribution in [-0.2, 0) is 4.79 Å². The summed E-state index contributed by atoms with van der Waals surface area (Å²) in [5.74, 6) is 0.469. The zero-order valence-corrected chi connectivity index (χ0v) is 10.2. The third kappa shape index (κ3) is 4.30. The highest BCUT2D eigenvalue weighted by atomic mass is 16.1. The van der Waals surface area contributed by atoms with Crippen molar-refractivity contribution in [2.45, 2.75) is 27.2 Å². The minimum Gasteiger partial charge on any atom is -0.326 e. The molecule has 0 heterocycles. The molecule has 0 aromatic heterocycles. The maximum atomic E-state index is 11.5. The van der Waals surface area contributed by atoms with Crippen molar-refractivity contribution in [1.29, 1.82) is 0 Å². The van der Waals surface area contributed by atoms with Crippen LogP contribution in [0.3, 0.4) is 0 Å². The molecule has 1 aromatic carbocycles. The van der Waals surface area contributed by atoms with Crippen LogP contribution in [0.2, 0.25) is 0 Å². The highest BCUT2D eigenvalue weighted by molar-refractivity contribution is 5.90. The number of benzene rings is 1. The van der Waals surface area contributed by atoms with E-state index >= 15 is 0 Å². The maximum absolute atomic E-state index is 11.5. The molecule has 0 bridgehead atoms. The van der Waals surface area contributed by atoms with Gasteiger partial charge in [0, 0.05) is 12.1 Å². The smallest absolute Gasteiger partial charge is 0.224 e. The predicted molar refractivity (Wildman–Crippen MR) is 69.2 cm³/mol. The summed E-state index contributed by atoms with van der Waals surface area (Å²) >= 11 is 0. The van der Waals surface area contributed by atoms with Gasteiger partial charge in [-0.2, -0.15) is 0 Å². The molecule has 0 saturated carbocycles. The molecule has 86 valence electrons. The van der Waals surface area contributed by atoms with Crippen molar-refractivity contribution in [3.05, 3.63) is 35.9 Å². The second-order valence-corrected chi connectivity index (χ2v) is 4.27. The van der Waals surface area contributed by atoms with Gasteiger partial charge >= 0.3 is 0 Å². The SMILES string of the molecule is C/C=C/c1ccc(NC(=O)CC(C)C)cc1. The van der Waals surface area contributed by atoms with Crippen LogP contribution in [0, 0.1) is 5.92 Å². The molecule has 0 aliphatic heterocycles. The quantitative estimate of drug-likeness (QED) is 0.818. The van der Waals surface area contributed by atoms with E-state index in [-0.39, 0.29) is 5.91 Å². The molecule has 1 amide bonds. The molecule has 16 heavy (non-hydrogen) atoms. The van der Waals surface area contributed by atoms with Gasteiger partial charge < -0.3 is 5.32 Å². The Kier molecular flexibility index (Phi) is 4.77. The van der Waals surface area contributed by atoms with Gasteiger partial charge in [-0.05, 0) is 30.5 Å². The molecule has 0 atom stereocenters. The number of anilines is 1. The largest absolute Gasteiger partial charge is 0.326 e. The first-order valence-electron chi connectivity index (χ1n) is 5.64. The van der Waals surface area contributed by atoms with E-state index in [9.17, 15) is 4.79 Å². The van der Waals surface area contributed by atoms with Gasteiger partial charge in [0.05, 0.1) is 0 Å². The molecule has 1 rings (SSSR count). The second kappa shape index (κ2) is 6.11. The molecule has 0 radical (unpaired) electrons. The lowest BCUT2D eigenvalue weighted by Crippen LogP contribution is -2.13. The molecule has 0 saturated heterocycles. The molecule has 0 aliphatic rings. The fraction of sp³-hybridized carbons (Fsp3) is 0.357. The number of carbonyl (C=O) groups is 1. The highest BCUT2D eigenvalue weighted by Gasteiger charge is 2.04. The summed E-state index contributed by atoms with van der Waals surface area (Å²) in [4.78, 5) is 11.5. The van der Waals surface area contributed by atoms with Crippen LogP contribution in [-0.4, -0.2) is 5.91 Å². The van der Waals surface area contributed by atoms with Gasteiger partial charge in [0.2, 0.25) is 5.91 Å². The molecule has 2 nitrogen and oxygen atoms in total. The van der Waals surface area contributed by atoms with Crippen LogP contribution < -0.4 is 5.32 Å². The Hall–Kier alpha value is -1.57. The number of amides is 1. The van der Waals surface area contributed by atoms with E-state index in [1.807, 2.05) is 57.2 Å². The Morgan fingerprint density at radius 3 is 2.44 bits per heavy atom. The monoisotopic (exact) mass is 217 g/mol. The maximum Gasteiger partial charge on any atom is 0.224 e. The minimum atomic E-state index is 0.0776. The van der Waals surface area contributed by atoms with Gasteiger partial charge in [0.25, 0.3) is 0 Å². The van der Waals surface area contributed by atoms with Crippen LogP contribution in [0.5, 0.6) is 0 Å². The van der Waals surface area contributed by atoms with Crippen molar-refractivity contribution in [2.24, 2.45) is 5.92 Å². The van der Waals surface area contributed by atoms with Crippen molar-refractivity contribution in [3.8, 4) is 0 Å². The standard InChI is InChI=1S/C14H19NO/c1-4-5-12-6-8-13(9-7-12)15-14(16)10-11(2)3/h4-9,11H,10H2,1-3H3,(H,15,16)/b5-4+. The lowest BCUT2D eigenvalue weighted by Gasteiger charge is -2.07. The third-order valence-electron chi connectivity index (χ3n) is 2.15. The summed E-state index contributed by atoms with van der Waals surface area (Å²) in [6, 6.07) is 7.83. The molecule has 1 N–H and O–H groups in total. The Morgan fingerprint density at radius 1 is 1.31 bits per heavy atom. The molecule has 0 aliphatic carbocycles. The van der Waals surface area contributed by atoms with E-state index in [1.165, 1.54) is 0 Å². The average molecular weight is 217 g/mol. The number of hydrogen-bond acceptors (Lipinski definition) is 1. The van der Waals surface area contributed by atoms with E-state index in [0.717, 1.165) is 11.3 Å². The summed E-state index contributed by atoms with van der Waals surface area (Å²) in [6.45, 7) is 6.06. The molecular formula is C14H19NO. The van der Waals surface area contributed by atoms with Crippen LogP contribution in [0.25, 0.3) is 6.08 Å². The zero-order chi connectivity index (χ0) is 12.0. The number of hydrogen-bond donors (Lipinski definition) is 1. The minimum absolute atomic E-state index is 0.0776. The Morgan fingerprint density at radius 2 is 1.94 bits per heavy atom. The van der Waals surface area contributed by atoms with E-state index in [2.05, 4.69) is 5.32 Å². The van der Waals surface area contributed by atoms with Gasteiger partial charge in [0.1, 0.15) is 0 Å². The predicted octanol–water partition coefficient (Wildman–Crippen LogP) is 3.70. The molecule has 2 heteroatoms. The van der Waals surface area contributed by atoms with Gasteiger partial charge in [0.15, 0.2) is 0 Å². The molecule has 0 spiro atoms. The fourth-order valence-electron chi connectivity index (χ4n) is 1.45. The second-order valence-electron chi connectivity index (χ2n) is 4.27. The van der Waals surface area contributed by atoms with Crippen molar-refractivity contribution >= 4 is 17.7 Å². The Bertz CT molecular complexity index is 363. The molecule has 0 unspecified atom stereocenters. The highest BCUT2D eigenvalue weighted by Crippen LogP contribution is 2.12. The molecular weight excluding hydrogens is 198 g/mol. The number of allylic oxidation sites excluding steroid dienone is 1. The Labute approximate surface area is 97.4 Å². The van der Waals surface area contributed by atoms with E-state index in [0.29, 0.717) is 12.3 Å². The number of rotatable bonds is 4.